The fraction of sp³-hybridized carbons (Fsp3) is 0.357. The lowest BCUT2D eigenvalue weighted by Gasteiger charge is -2.27. The lowest BCUT2D eigenvalue weighted by atomic mass is 10.1. The molecule has 5 rings (SSSR count). The van der Waals surface area contributed by atoms with Crippen molar-refractivity contribution in [2.45, 2.75) is 32.2 Å². The quantitative estimate of drug-likeness (QED) is 0.497. The van der Waals surface area contributed by atoms with Crippen molar-refractivity contribution < 1.29 is 9.59 Å². The molecule has 1 saturated heterocycles. The number of amides is 2. The number of benzene rings is 2. The van der Waals surface area contributed by atoms with Gasteiger partial charge in [-0.3, -0.25) is 9.59 Å². The standard InChI is InChI=1S/C28H30ClN5O2/c1-20-3-5-21(6-4-20)25-13-14-26(31-30-25)32-15-2-16-33(18-17-32)27(35)19-34(24-11-12-24)28(36)22-7-9-23(29)10-8-22/h3-10,13-14,24H,2,11-12,15-19H2,1H3. The molecule has 0 atom stereocenters. The van der Waals surface area contributed by atoms with E-state index < -0.39 is 0 Å². The Morgan fingerprint density at radius 3 is 2.33 bits per heavy atom. The third-order valence-electron chi connectivity index (χ3n) is 6.82. The van der Waals surface area contributed by atoms with Gasteiger partial charge in [0, 0.05) is 48.4 Å². The van der Waals surface area contributed by atoms with Crippen LogP contribution in [0.5, 0.6) is 0 Å². The van der Waals surface area contributed by atoms with Crippen LogP contribution in [0.15, 0.2) is 60.7 Å². The van der Waals surface area contributed by atoms with Crippen LogP contribution in [0.25, 0.3) is 11.3 Å². The molecule has 8 heteroatoms. The van der Waals surface area contributed by atoms with Crippen LogP contribution in [-0.4, -0.2) is 70.6 Å². The highest BCUT2D eigenvalue weighted by molar-refractivity contribution is 6.30. The Kier molecular flexibility index (Phi) is 7.18. The Hall–Kier alpha value is -3.45. The molecule has 1 saturated carbocycles. The van der Waals surface area contributed by atoms with E-state index in [1.165, 1.54) is 5.56 Å². The highest BCUT2D eigenvalue weighted by atomic mass is 35.5. The Bertz CT molecular complexity index is 1210. The van der Waals surface area contributed by atoms with Crippen molar-refractivity contribution in [3.63, 3.8) is 0 Å². The molecule has 1 aliphatic heterocycles. The van der Waals surface area contributed by atoms with E-state index in [1.54, 1.807) is 29.2 Å². The molecule has 7 nitrogen and oxygen atoms in total. The van der Waals surface area contributed by atoms with E-state index in [4.69, 9.17) is 11.6 Å². The maximum atomic E-state index is 13.2. The normalized spacial score (nSPS) is 15.9. The number of rotatable bonds is 6. The molecule has 2 fully saturated rings. The third-order valence-corrected chi connectivity index (χ3v) is 7.07. The zero-order valence-electron chi connectivity index (χ0n) is 20.4. The van der Waals surface area contributed by atoms with Crippen LogP contribution >= 0.6 is 11.6 Å². The van der Waals surface area contributed by atoms with Gasteiger partial charge in [0.15, 0.2) is 5.82 Å². The van der Waals surface area contributed by atoms with Gasteiger partial charge in [0.1, 0.15) is 6.54 Å². The number of carbonyl (C=O) groups excluding carboxylic acids is 2. The molecule has 1 aliphatic carbocycles. The molecular formula is C28H30ClN5O2. The second-order valence-corrected chi connectivity index (χ2v) is 9.97. The van der Waals surface area contributed by atoms with Crippen molar-refractivity contribution in [3.05, 3.63) is 76.8 Å². The molecule has 1 aromatic heterocycles. The Morgan fingerprint density at radius 2 is 1.67 bits per heavy atom. The number of aryl methyl sites for hydroxylation is 1. The van der Waals surface area contributed by atoms with Gasteiger partial charge < -0.3 is 14.7 Å². The van der Waals surface area contributed by atoms with Gasteiger partial charge in [-0.25, -0.2) is 0 Å². The summed E-state index contributed by atoms with van der Waals surface area (Å²) in [5, 5.41) is 9.49. The molecule has 0 radical (unpaired) electrons. The number of aromatic nitrogens is 2. The Labute approximate surface area is 216 Å². The van der Waals surface area contributed by atoms with Crippen molar-refractivity contribution in [3.8, 4) is 11.3 Å². The van der Waals surface area contributed by atoms with E-state index in [9.17, 15) is 9.59 Å². The minimum atomic E-state index is -0.108. The first-order valence-electron chi connectivity index (χ1n) is 12.5. The van der Waals surface area contributed by atoms with E-state index in [0.717, 1.165) is 42.9 Å². The van der Waals surface area contributed by atoms with Crippen LogP contribution in [0.3, 0.4) is 0 Å². The Balaban J connectivity index is 1.20. The molecule has 2 aromatic carbocycles. The predicted molar refractivity (Wildman–Crippen MR) is 141 cm³/mol. The number of anilines is 1. The summed E-state index contributed by atoms with van der Waals surface area (Å²) in [5.41, 5.74) is 3.66. The molecule has 2 heterocycles. The van der Waals surface area contributed by atoms with Gasteiger partial charge in [-0.1, -0.05) is 41.4 Å². The molecule has 0 spiro atoms. The summed E-state index contributed by atoms with van der Waals surface area (Å²) in [6.45, 7) is 4.91. The van der Waals surface area contributed by atoms with Gasteiger partial charge in [-0.15, -0.1) is 10.2 Å². The molecule has 186 valence electrons. The molecule has 3 aromatic rings. The van der Waals surface area contributed by atoms with E-state index in [2.05, 4.69) is 46.3 Å². The highest BCUT2D eigenvalue weighted by Gasteiger charge is 2.35. The van der Waals surface area contributed by atoms with Gasteiger partial charge in [0.25, 0.3) is 5.91 Å². The predicted octanol–water partition coefficient (Wildman–Crippen LogP) is 4.45. The van der Waals surface area contributed by atoms with E-state index in [0.29, 0.717) is 30.2 Å². The lowest BCUT2D eigenvalue weighted by Crippen LogP contribution is -2.45. The third kappa shape index (κ3) is 5.68. The van der Waals surface area contributed by atoms with Gasteiger partial charge in [0.2, 0.25) is 5.91 Å². The summed E-state index contributed by atoms with van der Waals surface area (Å²) < 4.78 is 0. The second-order valence-electron chi connectivity index (χ2n) is 9.54. The SMILES string of the molecule is Cc1ccc(-c2ccc(N3CCCN(C(=O)CN(C(=O)c4ccc(Cl)cc4)C4CC4)CC3)nn2)cc1. The Morgan fingerprint density at radius 1 is 0.917 bits per heavy atom. The van der Waals surface area contributed by atoms with E-state index in [1.807, 2.05) is 17.0 Å². The molecule has 2 amide bonds. The van der Waals surface area contributed by atoms with Crippen LogP contribution in [0.1, 0.15) is 35.2 Å². The topological polar surface area (TPSA) is 69.6 Å². The summed E-state index contributed by atoms with van der Waals surface area (Å²) >= 11 is 5.97. The van der Waals surface area contributed by atoms with Crippen LogP contribution in [-0.2, 0) is 4.79 Å². The summed E-state index contributed by atoms with van der Waals surface area (Å²) in [7, 11) is 0. The molecule has 36 heavy (non-hydrogen) atoms. The smallest absolute Gasteiger partial charge is 0.254 e. The van der Waals surface area contributed by atoms with E-state index in [-0.39, 0.29) is 24.4 Å². The number of halogens is 1. The fourth-order valence-electron chi connectivity index (χ4n) is 4.53. The van der Waals surface area contributed by atoms with Crippen molar-refractivity contribution in [1.29, 1.82) is 0 Å². The first-order valence-corrected chi connectivity index (χ1v) is 12.9. The lowest BCUT2D eigenvalue weighted by molar-refractivity contribution is -0.131. The van der Waals surface area contributed by atoms with Crippen LogP contribution in [0, 0.1) is 6.92 Å². The zero-order valence-corrected chi connectivity index (χ0v) is 21.2. The molecular weight excluding hydrogens is 474 g/mol. The first kappa shape index (κ1) is 24.3. The van der Waals surface area contributed by atoms with Gasteiger partial charge in [0.05, 0.1) is 5.69 Å². The van der Waals surface area contributed by atoms with E-state index >= 15 is 0 Å². The maximum Gasteiger partial charge on any atom is 0.254 e. The summed E-state index contributed by atoms with van der Waals surface area (Å²) in [6.07, 6.45) is 2.72. The summed E-state index contributed by atoms with van der Waals surface area (Å²) in [5.74, 6) is 0.701. The maximum absolute atomic E-state index is 13.2. The van der Waals surface area contributed by atoms with Crippen molar-refractivity contribution in [2.24, 2.45) is 0 Å². The van der Waals surface area contributed by atoms with Crippen LogP contribution < -0.4 is 4.90 Å². The minimum Gasteiger partial charge on any atom is -0.353 e. The highest BCUT2D eigenvalue weighted by Crippen LogP contribution is 2.29. The van der Waals surface area contributed by atoms with Gasteiger partial charge in [-0.05, 0) is 62.6 Å². The van der Waals surface area contributed by atoms with Crippen LogP contribution in [0.2, 0.25) is 5.02 Å². The summed E-state index contributed by atoms with van der Waals surface area (Å²) in [4.78, 5) is 32.1. The molecule has 0 unspecified atom stereocenters. The average Bonchev–Trinajstić information content (AvgIpc) is 3.75. The van der Waals surface area contributed by atoms with Crippen molar-refractivity contribution in [1.82, 2.24) is 20.0 Å². The average molecular weight is 504 g/mol. The summed E-state index contributed by atoms with van der Waals surface area (Å²) in [6, 6.07) is 19.2. The number of hydrogen-bond donors (Lipinski definition) is 0. The molecule has 0 N–H and O–H groups in total. The second kappa shape index (κ2) is 10.7. The van der Waals surface area contributed by atoms with Crippen molar-refractivity contribution >= 4 is 29.2 Å². The molecule has 2 aliphatic rings. The monoisotopic (exact) mass is 503 g/mol. The minimum absolute atomic E-state index is 0.00753. The number of hydrogen-bond acceptors (Lipinski definition) is 5. The zero-order chi connectivity index (χ0) is 25.1. The number of carbonyl (C=O) groups is 2. The largest absolute Gasteiger partial charge is 0.353 e. The van der Waals surface area contributed by atoms with Gasteiger partial charge in [-0.2, -0.15) is 0 Å². The number of nitrogens with zero attached hydrogens (tertiary/aromatic N) is 5. The van der Waals surface area contributed by atoms with Crippen molar-refractivity contribution in [2.75, 3.05) is 37.6 Å². The van der Waals surface area contributed by atoms with Crippen LogP contribution in [0.4, 0.5) is 5.82 Å². The molecule has 0 bridgehead atoms. The van der Waals surface area contributed by atoms with Gasteiger partial charge >= 0.3 is 0 Å². The first-order chi connectivity index (χ1) is 17.5. The fourth-order valence-corrected chi connectivity index (χ4v) is 4.65.